The van der Waals surface area contributed by atoms with Crippen molar-refractivity contribution in [1.82, 2.24) is 10.2 Å². The second kappa shape index (κ2) is 6.05. The van der Waals surface area contributed by atoms with Crippen LogP contribution in [-0.4, -0.2) is 41.7 Å². The summed E-state index contributed by atoms with van der Waals surface area (Å²) in [5, 5.41) is 14.3. The summed E-state index contributed by atoms with van der Waals surface area (Å²) in [5.74, 6) is 0. The highest BCUT2D eigenvalue weighted by atomic mass is 35.5. The molecule has 0 saturated carbocycles. The maximum absolute atomic E-state index is 10.9. The smallest absolute Gasteiger partial charge is 0.288 e. The van der Waals surface area contributed by atoms with Crippen LogP contribution >= 0.6 is 11.6 Å². The van der Waals surface area contributed by atoms with Gasteiger partial charge >= 0.3 is 0 Å². The Hall–Kier alpha value is -1.21. The first kappa shape index (κ1) is 15.2. The molecule has 0 aliphatic carbocycles. The molecular weight excluding hydrogens is 280 g/mol. The third-order valence-electron chi connectivity index (χ3n) is 3.61. The zero-order valence-corrected chi connectivity index (χ0v) is 12.2. The van der Waals surface area contributed by atoms with E-state index in [0.29, 0.717) is 6.42 Å². The molecule has 1 aliphatic heterocycles. The minimum Gasteiger partial charge on any atom is -0.314 e. The molecule has 0 radical (unpaired) electrons. The Morgan fingerprint density at radius 1 is 1.50 bits per heavy atom. The lowest BCUT2D eigenvalue weighted by Gasteiger charge is -2.41. The van der Waals surface area contributed by atoms with Gasteiger partial charge in [-0.15, -0.1) is 0 Å². The molecule has 1 atom stereocenters. The summed E-state index contributed by atoms with van der Waals surface area (Å²) < 4.78 is 0. The fourth-order valence-corrected chi connectivity index (χ4v) is 2.70. The highest BCUT2D eigenvalue weighted by molar-refractivity contribution is 6.32. The maximum Gasteiger partial charge on any atom is 0.288 e. The van der Waals surface area contributed by atoms with Crippen molar-refractivity contribution in [3.05, 3.63) is 38.9 Å². The monoisotopic (exact) mass is 298 g/mol. The maximum atomic E-state index is 10.9. The number of nitro benzene ring substituents is 1. The Morgan fingerprint density at radius 2 is 2.15 bits per heavy atom. The van der Waals surface area contributed by atoms with E-state index in [1.807, 2.05) is 6.92 Å². The standard InChI is InChI=1S/C13H19ClN4O2/c1-13(15,17-6-4-16-5-7-17)9-10-2-3-11(14)12(8-10)18(19)20/h2-3,8,16H,4-7,9,15H2,1H3. The molecule has 1 aromatic rings. The fraction of sp³-hybridized carbons (Fsp3) is 0.538. The van der Waals surface area contributed by atoms with E-state index in [0.717, 1.165) is 31.7 Å². The van der Waals surface area contributed by atoms with Gasteiger partial charge in [0.25, 0.3) is 5.69 Å². The topological polar surface area (TPSA) is 84.4 Å². The number of nitrogens with two attached hydrogens (primary N) is 1. The Labute approximate surface area is 123 Å². The lowest BCUT2D eigenvalue weighted by Crippen LogP contribution is -2.60. The van der Waals surface area contributed by atoms with Crippen LogP contribution in [0.3, 0.4) is 0 Å². The number of halogens is 1. The molecule has 2 rings (SSSR count). The summed E-state index contributed by atoms with van der Waals surface area (Å²) in [6.45, 7) is 5.53. The zero-order chi connectivity index (χ0) is 14.8. The first-order valence-electron chi connectivity index (χ1n) is 6.57. The van der Waals surface area contributed by atoms with Gasteiger partial charge in [-0.2, -0.15) is 0 Å². The van der Waals surface area contributed by atoms with Crippen LogP contribution < -0.4 is 11.1 Å². The van der Waals surface area contributed by atoms with Gasteiger partial charge in [0.15, 0.2) is 0 Å². The first-order valence-corrected chi connectivity index (χ1v) is 6.95. The Balaban J connectivity index is 2.16. The summed E-state index contributed by atoms with van der Waals surface area (Å²) in [5.41, 5.74) is 6.61. The average Bonchev–Trinajstić information content (AvgIpc) is 2.41. The molecule has 0 aromatic heterocycles. The first-order chi connectivity index (χ1) is 9.40. The summed E-state index contributed by atoms with van der Waals surface area (Å²) in [6, 6.07) is 4.86. The normalized spacial score (nSPS) is 19.6. The SMILES string of the molecule is CC(N)(Cc1ccc(Cl)c([N+](=O)[O-])c1)N1CCNCC1. The van der Waals surface area contributed by atoms with Crippen molar-refractivity contribution in [3.8, 4) is 0 Å². The number of rotatable bonds is 4. The van der Waals surface area contributed by atoms with Crippen LogP contribution in [0.4, 0.5) is 5.69 Å². The van der Waals surface area contributed by atoms with Crippen molar-refractivity contribution in [2.45, 2.75) is 19.0 Å². The quantitative estimate of drug-likeness (QED) is 0.648. The van der Waals surface area contributed by atoms with Gasteiger partial charge in [0, 0.05) is 38.7 Å². The van der Waals surface area contributed by atoms with Crippen molar-refractivity contribution in [3.63, 3.8) is 0 Å². The van der Waals surface area contributed by atoms with Crippen LogP contribution in [-0.2, 0) is 6.42 Å². The molecular formula is C13H19ClN4O2. The second-order valence-corrected chi connectivity index (χ2v) is 5.72. The number of nitrogens with zero attached hydrogens (tertiary/aromatic N) is 2. The number of piperazine rings is 1. The number of nitrogens with one attached hydrogen (secondary N) is 1. The third-order valence-corrected chi connectivity index (χ3v) is 3.93. The molecule has 1 saturated heterocycles. The van der Waals surface area contributed by atoms with E-state index < -0.39 is 10.6 Å². The van der Waals surface area contributed by atoms with Crippen molar-refractivity contribution in [2.75, 3.05) is 26.2 Å². The molecule has 0 bridgehead atoms. The number of benzene rings is 1. The number of nitro groups is 1. The Kier molecular flexibility index (Phi) is 4.59. The molecule has 110 valence electrons. The summed E-state index contributed by atoms with van der Waals surface area (Å²) in [7, 11) is 0. The summed E-state index contributed by atoms with van der Waals surface area (Å²) in [4.78, 5) is 12.6. The zero-order valence-electron chi connectivity index (χ0n) is 11.4. The molecule has 7 heteroatoms. The van der Waals surface area contributed by atoms with Crippen molar-refractivity contribution in [1.29, 1.82) is 0 Å². The lowest BCUT2D eigenvalue weighted by atomic mass is 9.99. The molecule has 1 aromatic carbocycles. The van der Waals surface area contributed by atoms with Crippen LogP contribution in [0.15, 0.2) is 18.2 Å². The van der Waals surface area contributed by atoms with Gasteiger partial charge in [-0.1, -0.05) is 17.7 Å². The molecule has 3 N–H and O–H groups in total. The number of hydrogen-bond acceptors (Lipinski definition) is 5. The molecule has 0 spiro atoms. The van der Waals surface area contributed by atoms with Gasteiger partial charge in [-0.3, -0.25) is 15.0 Å². The largest absolute Gasteiger partial charge is 0.314 e. The minimum absolute atomic E-state index is 0.0692. The van der Waals surface area contributed by atoms with E-state index >= 15 is 0 Å². The molecule has 1 fully saturated rings. The molecule has 6 nitrogen and oxygen atoms in total. The summed E-state index contributed by atoms with van der Waals surface area (Å²) >= 11 is 5.82. The van der Waals surface area contributed by atoms with Crippen molar-refractivity contribution < 1.29 is 4.92 Å². The van der Waals surface area contributed by atoms with Gasteiger partial charge < -0.3 is 11.1 Å². The molecule has 20 heavy (non-hydrogen) atoms. The van der Waals surface area contributed by atoms with E-state index in [9.17, 15) is 10.1 Å². The minimum atomic E-state index is -0.524. The van der Waals surface area contributed by atoms with E-state index in [-0.39, 0.29) is 10.7 Å². The van der Waals surface area contributed by atoms with Gasteiger partial charge in [-0.25, -0.2) is 0 Å². The lowest BCUT2D eigenvalue weighted by molar-refractivity contribution is -0.384. The Morgan fingerprint density at radius 3 is 2.75 bits per heavy atom. The summed E-state index contributed by atoms with van der Waals surface area (Å²) in [6.07, 6.45) is 0.547. The van der Waals surface area contributed by atoms with Gasteiger partial charge in [0.1, 0.15) is 5.02 Å². The second-order valence-electron chi connectivity index (χ2n) is 5.31. The van der Waals surface area contributed by atoms with Gasteiger partial charge in [0.2, 0.25) is 0 Å². The van der Waals surface area contributed by atoms with E-state index in [2.05, 4.69) is 10.2 Å². The van der Waals surface area contributed by atoms with E-state index in [1.165, 1.54) is 6.07 Å². The van der Waals surface area contributed by atoms with Crippen LogP contribution in [0.5, 0.6) is 0 Å². The van der Waals surface area contributed by atoms with Crippen molar-refractivity contribution >= 4 is 17.3 Å². The molecule has 1 heterocycles. The van der Waals surface area contributed by atoms with E-state index in [4.69, 9.17) is 17.3 Å². The van der Waals surface area contributed by atoms with Crippen LogP contribution in [0.25, 0.3) is 0 Å². The van der Waals surface area contributed by atoms with Gasteiger partial charge in [0.05, 0.1) is 10.6 Å². The van der Waals surface area contributed by atoms with Crippen LogP contribution in [0, 0.1) is 10.1 Å². The van der Waals surface area contributed by atoms with Crippen LogP contribution in [0.1, 0.15) is 12.5 Å². The molecule has 0 amide bonds. The van der Waals surface area contributed by atoms with Crippen molar-refractivity contribution in [2.24, 2.45) is 5.73 Å². The average molecular weight is 299 g/mol. The Bertz CT molecular complexity index is 501. The van der Waals surface area contributed by atoms with Crippen LogP contribution in [0.2, 0.25) is 5.02 Å². The predicted octanol–water partition coefficient (Wildman–Crippen LogP) is 1.37. The van der Waals surface area contributed by atoms with E-state index in [1.54, 1.807) is 12.1 Å². The number of hydrogen-bond donors (Lipinski definition) is 2. The highest BCUT2D eigenvalue weighted by Gasteiger charge is 2.29. The predicted molar refractivity (Wildman–Crippen MR) is 78.8 cm³/mol. The third kappa shape index (κ3) is 3.46. The molecule has 1 unspecified atom stereocenters. The molecule has 1 aliphatic rings. The van der Waals surface area contributed by atoms with Gasteiger partial charge in [-0.05, 0) is 18.6 Å². The highest BCUT2D eigenvalue weighted by Crippen LogP contribution is 2.27. The fourth-order valence-electron chi connectivity index (χ4n) is 2.51.